The van der Waals surface area contributed by atoms with Gasteiger partial charge >= 0.3 is 5.63 Å². The SMILES string of the molecule is CC1(C)CC(NC(=O)c2cc3c(ccc4ccccc43)oc2=O)CC(C)(C)N1. The van der Waals surface area contributed by atoms with Crippen molar-refractivity contribution in [3.63, 3.8) is 0 Å². The van der Waals surface area contributed by atoms with Crippen LogP contribution in [0, 0.1) is 0 Å². The van der Waals surface area contributed by atoms with Crippen molar-refractivity contribution >= 4 is 27.6 Å². The number of carbonyl (C=O) groups excluding carboxylic acids is 1. The van der Waals surface area contributed by atoms with Gasteiger partial charge in [0, 0.05) is 22.5 Å². The Labute approximate surface area is 164 Å². The van der Waals surface area contributed by atoms with Crippen LogP contribution >= 0.6 is 0 Å². The smallest absolute Gasteiger partial charge is 0.349 e. The van der Waals surface area contributed by atoms with Crippen LogP contribution in [0.4, 0.5) is 0 Å². The Kier molecular flexibility index (Phi) is 4.31. The lowest BCUT2D eigenvalue weighted by Gasteiger charge is -2.46. The molecule has 2 N–H and O–H groups in total. The molecule has 28 heavy (non-hydrogen) atoms. The number of hydrogen-bond acceptors (Lipinski definition) is 4. The molecule has 2 aromatic carbocycles. The summed E-state index contributed by atoms with van der Waals surface area (Å²) in [6.45, 7) is 8.51. The van der Waals surface area contributed by atoms with E-state index >= 15 is 0 Å². The monoisotopic (exact) mass is 378 g/mol. The van der Waals surface area contributed by atoms with E-state index in [2.05, 4.69) is 38.3 Å². The third kappa shape index (κ3) is 3.54. The summed E-state index contributed by atoms with van der Waals surface area (Å²) in [7, 11) is 0. The van der Waals surface area contributed by atoms with E-state index in [0.717, 1.165) is 29.0 Å². The summed E-state index contributed by atoms with van der Waals surface area (Å²) >= 11 is 0. The molecule has 5 heteroatoms. The normalized spacial score (nSPS) is 19.0. The number of benzene rings is 2. The van der Waals surface area contributed by atoms with Crippen molar-refractivity contribution in [1.82, 2.24) is 10.6 Å². The van der Waals surface area contributed by atoms with Crippen LogP contribution in [0.2, 0.25) is 0 Å². The molecule has 0 radical (unpaired) electrons. The highest BCUT2D eigenvalue weighted by atomic mass is 16.4. The molecule has 1 aliphatic rings. The molecule has 0 spiro atoms. The van der Waals surface area contributed by atoms with Crippen LogP contribution in [-0.2, 0) is 0 Å². The second kappa shape index (κ2) is 6.45. The molecule has 146 valence electrons. The van der Waals surface area contributed by atoms with Crippen molar-refractivity contribution in [2.75, 3.05) is 0 Å². The lowest BCUT2D eigenvalue weighted by atomic mass is 9.79. The Hall–Kier alpha value is -2.66. The maximum atomic E-state index is 12.9. The Balaban J connectivity index is 1.70. The highest BCUT2D eigenvalue weighted by molar-refractivity contribution is 6.07. The predicted octanol–water partition coefficient (Wildman–Crippen LogP) is 3.99. The van der Waals surface area contributed by atoms with Gasteiger partial charge in [-0.3, -0.25) is 4.79 Å². The number of piperidine rings is 1. The van der Waals surface area contributed by atoms with Gasteiger partial charge in [-0.25, -0.2) is 4.79 Å². The average molecular weight is 378 g/mol. The van der Waals surface area contributed by atoms with E-state index in [-0.39, 0.29) is 28.6 Å². The first-order valence-corrected chi connectivity index (χ1v) is 9.69. The zero-order chi connectivity index (χ0) is 20.1. The first-order valence-electron chi connectivity index (χ1n) is 9.69. The molecule has 0 bridgehead atoms. The van der Waals surface area contributed by atoms with Gasteiger partial charge in [-0.15, -0.1) is 0 Å². The van der Waals surface area contributed by atoms with Gasteiger partial charge in [0.1, 0.15) is 11.1 Å². The molecule has 2 heterocycles. The quantitative estimate of drug-likeness (QED) is 0.523. The van der Waals surface area contributed by atoms with E-state index in [0.29, 0.717) is 5.58 Å². The predicted molar refractivity (Wildman–Crippen MR) is 112 cm³/mol. The van der Waals surface area contributed by atoms with Gasteiger partial charge in [0.15, 0.2) is 0 Å². The van der Waals surface area contributed by atoms with Gasteiger partial charge in [0.05, 0.1) is 0 Å². The zero-order valence-electron chi connectivity index (χ0n) is 16.8. The lowest BCUT2D eigenvalue weighted by Crippen LogP contribution is -2.62. The Bertz CT molecular complexity index is 1110. The average Bonchev–Trinajstić information content (AvgIpc) is 2.58. The Morgan fingerprint density at radius 1 is 1.04 bits per heavy atom. The van der Waals surface area contributed by atoms with Gasteiger partial charge in [-0.2, -0.15) is 0 Å². The summed E-state index contributed by atoms with van der Waals surface area (Å²) in [5.41, 5.74) is -0.247. The third-order valence-electron chi connectivity index (χ3n) is 5.41. The number of hydrogen-bond donors (Lipinski definition) is 2. The third-order valence-corrected chi connectivity index (χ3v) is 5.41. The first-order chi connectivity index (χ1) is 13.1. The molecule has 4 rings (SSSR count). The molecule has 3 aromatic rings. The van der Waals surface area contributed by atoms with Crippen molar-refractivity contribution < 1.29 is 9.21 Å². The maximum absolute atomic E-state index is 12.9. The van der Waals surface area contributed by atoms with Crippen LogP contribution in [0.25, 0.3) is 21.7 Å². The van der Waals surface area contributed by atoms with Gasteiger partial charge in [-0.05, 0) is 63.4 Å². The largest absolute Gasteiger partial charge is 0.422 e. The van der Waals surface area contributed by atoms with E-state index in [1.54, 1.807) is 12.1 Å². The molecule has 0 unspecified atom stereocenters. The van der Waals surface area contributed by atoms with Crippen LogP contribution in [0.15, 0.2) is 51.7 Å². The minimum absolute atomic E-state index is 0.0126. The van der Waals surface area contributed by atoms with Gasteiger partial charge in [0.25, 0.3) is 5.91 Å². The summed E-state index contributed by atoms with van der Waals surface area (Å²) < 4.78 is 5.46. The van der Waals surface area contributed by atoms with Crippen molar-refractivity contribution in [3.05, 3.63) is 58.4 Å². The van der Waals surface area contributed by atoms with Crippen molar-refractivity contribution in [2.24, 2.45) is 0 Å². The lowest BCUT2D eigenvalue weighted by molar-refractivity contribution is 0.0870. The molecular weight excluding hydrogens is 352 g/mol. The molecule has 0 atom stereocenters. The van der Waals surface area contributed by atoms with Crippen molar-refractivity contribution in [2.45, 2.75) is 57.7 Å². The number of fused-ring (bicyclic) bond motifs is 3. The second-order valence-electron chi connectivity index (χ2n) is 9.12. The summed E-state index contributed by atoms with van der Waals surface area (Å²) in [5, 5.41) is 9.43. The summed E-state index contributed by atoms with van der Waals surface area (Å²) in [6, 6.07) is 13.2. The number of nitrogens with one attached hydrogen (secondary N) is 2. The fraction of sp³-hybridized carbons (Fsp3) is 0.391. The van der Waals surface area contributed by atoms with Gasteiger partial charge in [0.2, 0.25) is 0 Å². The van der Waals surface area contributed by atoms with E-state index < -0.39 is 5.63 Å². The maximum Gasteiger partial charge on any atom is 0.349 e. The second-order valence-corrected chi connectivity index (χ2v) is 9.12. The summed E-state index contributed by atoms with van der Waals surface area (Å²) in [4.78, 5) is 25.4. The van der Waals surface area contributed by atoms with E-state index in [1.165, 1.54) is 0 Å². The fourth-order valence-corrected chi connectivity index (χ4v) is 4.72. The zero-order valence-corrected chi connectivity index (χ0v) is 16.8. The molecule has 1 fully saturated rings. The van der Waals surface area contributed by atoms with Crippen LogP contribution in [-0.4, -0.2) is 23.0 Å². The van der Waals surface area contributed by atoms with Crippen LogP contribution in [0.5, 0.6) is 0 Å². The standard InChI is InChI=1S/C23H26N2O3/c1-22(2)12-15(13-23(3,4)25-22)24-20(26)18-11-17-16-8-6-5-7-14(16)9-10-19(17)28-21(18)27/h5-11,15,25H,12-13H2,1-4H3,(H,24,26). The highest BCUT2D eigenvalue weighted by Gasteiger charge is 2.38. The number of carbonyl (C=O) groups is 1. The summed E-state index contributed by atoms with van der Waals surface area (Å²) in [5.74, 6) is -0.373. The van der Waals surface area contributed by atoms with E-state index in [9.17, 15) is 9.59 Å². The van der Waals surface area contributed by atoms with Gasteiger partial charge < -0.3 is 15.1 Å². The minimum Gasteiger partial charge on any atom is -0.422 e. The van der Waals surface area contributed by atoms with Crippen molar-refractivity contribution in [1.29, 1.82) is 0 Å². The van der Waals surface area contributed by atoms with Crippen molar-refractivity contribution in [3.8, 4) is 0 Å². The molecule has 5 nitrogen and oxygen atoms in total. The van der Waals surface area contributed by atoms with Gasteiger partial charge in [-0.1, -0.05) is 30.3 Å². The first kappa shape index (κ1) is 18.7. The van der Waals surface area contributed by atoms with Crippen LogP contribution < -0.4 is 16.3 Å². The molecule has 1 aliphatic heterocycles. The molecule has 0 saturated carbocycles. The topological polar surface area (TPSA) is 71.3 Å². The molecule has 0 aliphatic carbocycles. The van der Waals surface area contributed by atoms with E-state index in [1.807, 2.05) is 30.3 Å². The molecular formula is C23H26N2O3. The summed E-state index contributed by atoms with van der Waals surface area (Å²) in [6.07, 6.45) is 1.59. The van der Waals surface area contributed by atoms with E-state index in [4.69, 9.17) is 4.42 Å². The Morgan fingerprint density at radius 3 is 2.43 bits per heavy atom. The minimum atomic E-state index is -0.604. The number of amides is 1. The molecule has 1 amide bonds. The van der Waals surface area contributed by atoms with Crippen LogP contribution in [0.3, 0.4) is 0 Å². The number of rotatable bonds is 2. The molecule has 1 saturated heterocycles. The highest BCUT2D eigenvalue weighted by Crippen LogP contribution is 2.29. The fourth-order valence-electron chi connectivity index (χ4n) is 4.72. The Morgan fingerprint density at radius 2 is 1.71 bits per heavy atom. The molecule has 1 aromatic heterocycles. The van der Waals surface area contributed by atoms with Crippen LogP contribution in [0.1, 0.15) is 50.9 Å².